The Morgan fingerprint density at radius 3 is 2.56 bits per heavy atom. The molecule has 2 aliphatic rings. The first-order valence-electron chi connectivity index (χ1n) is 12.7. The van der Waals surface area contributed by atoms with E-state index >= 15 is 0 Å². The Balaban J connectivity index is 1.28. The standard InChI is InChI=1S/C27H29F3N6O2S/c1-16-2-3-17(12-22(16)35-25(38)23-14-32-26(39-23)34-19-6-7-19)24(37)33-20-5-4-18(21(13-20)27(28,29)30)15-36-10-8-31-9-11-36/h2-5,12-14,19,31H,6-11,15H2,1H3,(H,32,34)(H,33,37)(H,35,38). The Bertz CT molecular complexity index is 1370. The average Bonchev–Trinajstić information content (AvgIpc) is 3.59. The summed E-state index contributed by atoms with van der Waals surface area (Å²) < 4.78 is 41.6. The molecule has 12 heteroatoms. The molecule has 2 aromatic carbocycles. The maximum absolute atomic E-state index is 13.9. The summed E-state index contributed by atoms with van der Waals surface area (Å²) in [6.07, 6.45) is -0.878. The number of carbonyl (C=O) groups excluding carboxylic acids is 2. The molecule has 1 aliphatic heterocycles. The van der Waals surface area contributed by atoms with E-state index in [1.54, 1.807) is 19.1 Å². The van der Waals surface area contributed by atoms with Gasteiger partial charge in [-0.05, 0) is 55.2 Å². The van der Waals surface area contributed by atoms with Crippen LogP contribution in [0.1, 0.15) is 49.6 Å². The van der Waals surface area contributed by atoms with Crippen molar-refractivity contribution in [3.8, 4) is 0 Å². The first kappa shape index (κ1) is 27.1. The lowest BCUT2D eigenvalue weighted by molar-refractivity contribution is -0.138. The minimum absolute atomic E-state index is 0.0444. The highest BCUT2D eigenvalue weighted by atomic mass is 32.1. The van der Waals surface area contributed by atoms with Gasteiger partial charge < -0.3 is 21.3 Å². The van der Waals surface area contributed by atoms with Crippen LogP contribution in [0, 0.1) is 6.92 Å². The van der Waals surface area contributed by atoms with Gasteiger partial charge in [-0.15, -0.1) is 0 Å². The van der Waals surface area contributed by atoms with Gasteiger partial charge in [0.15, 0.2) is 5.13 Å². The first-order valence-corrected chi connectivity index (χ1v) is 13.6. The molecule has 39 heavy (non-hydrogen) atoms. The second-order valence-corrected chi connectivity index (χ2v) is 10.8. The summed E-state index contributed by atoms with van der Waals surface area (Å²) in [5.41, 5.74) is 0.812. The Morgan fingerprint density at radius 1 is 1.08 bits per heavy atom. The Kier molecular flexibility index (Phi) is 7.87. The number of carbonyl (C=O) groups is 2. The van der Waals surface area contributed by atoms with Crippen molar-refractivity contribution in [3.63, 3.8) is 0 Å². The van der Waals surface area contributed by atoms with Crippen LogP contribution in [0.25, 0.3) is 0 Å². The van der Waals surface area contributed by atoms with E-state index in [0.29, 0.717) is 34.8 Å². The molecule has 1 saturated heterocycles. The maximum Gasteiger partial charge on any atom is 0.416 e. The van der Waals surface area contributed by atoms with E-state index in [4.69, 9.17) is 0 Å². The molecule has 3 aromatic rings. The van der Waals surface area contributed by atoms with Gasteiger partial charge in [0, 0.05) is 55.7 Å². The smallest absolute Gasteiger partial charge is 0.359 e. The fourth-order valence-corrected chi connectivity index (χ4v) is 5.09. The third kappa shape index (κ3) is 6.94. The monoisotopic (exact) mass is 558 g/mol. The van der Waals surface area contributed by atoms with Gasteiger partial charge >= 0.3 is 6.18 Å². The van der Waals surface area contributed by atoms with Gasteiger partial charge in [0.1, 0.15) is 4.88 Å². The minimum Gasteiger partial charge on any atom is -0.359 e. The van der Waals surface area contributed by atoms with Crippen LogP contribution in [0.4, 0.5) is 29.7 Å². The largest absolute Gasteiger partial charge is 0.416 e. The summed E-state index contributed by atoms with van der Waals surface area (Å²) in [5.74, 6) is -0.936. The molecule has 0 spiro atoms. The number of benzene rings is 2. The van der Waals surface area contributed by atoms with Crippen LogP contribution in [0.3, 0.4) is 0 Å². The van der Waals surface area contributed by atoms with Crippen LogP contribution in [-0.2, 0) is 12.7 Å². The predicted molar refractivity (Wildman–Crippen MR) is 145 cm³/mol. The van der Waals surface area contributed by atoms with Gasteiger partial charge in [0.25, 0.3) is 11.8 Å². The second-order valence-electron chi connectivity index (χ2n) is 9.78. The second kappa shape index (κ2) is 11.3. The van der Waals surface area contributed by atoms with Gasteiger partial charge in [0.05, 0.1) is 11.8 Å². The SMILES string of the molecule is Cc1ccc(C(=O)Nc2ccc(CN3CCNCC3)c(C(F)(F)F)c2)cc1NC(=O)c1cnc(NC2CC2)s1. The predicted octanol–water partition coefficient (Wildman–Crippen LogP) is 4.95. The summed E-state index contributed by atoms with van der Waals surface area (Å²) in [7, 11) is 0. The van der Waals surface area contributed by atoms with Crippen LogP contribution in [0.15, 0.2) is 42.6 Å². The zero-order valence-electron chi connectivity index (χ0n) is 21.3. The number of anilines is 3. The molecule has 4 N–H and O–H groups in total. The number of rotatable bonds is 8. The number of piperazine rings is 1. The summed E-state index contributed by atoms with van der Waals surface area (Å²) in [5, 5.41) is 12.5. The van der Waals surface area contributed by atoms with Crippen LogP contribution in [-0.4, -0.2) is 53.9 Å². The van der Waals surface area contributed by atoms with Crippen LogP contribution in [0.2, 0.25) is 0 Å². The summed E-state index contributed by atoms with van der Waals surface area (Å²) in [4.78, 5) is 32.4. The quantitative estimate of drug-likeness (QED) is 0.312. The molecule has 2 fully saturated rings. The van der Waals surface area contributed by atoms with Crippen LogP contribution >= 0.6 is 11.3 Å². The summed E-state index contributed by atoms with van der Waals surface area (Å²) in [6.45, 7) is 4.78. The number of nitrogens with zero attached hydrogens (tertiary/aromatic N) is 2. The number of alkyl halides is 3. The van der Waals surface area contributed by atoms with E-state index in [1.165, 1.54) is 35.7 Å². The Morgan fingerprint density at radius 2 is 1.85 bits per heavy atom. The first-order chi connectivity index (χ1) is 18.7. The van der Waals surface area contributed by atoms with Gasteiger partial charge in [0.2, 0.25) is 0 Å². The number of hydrogen-bond acceptors (Lipinski definition) is 7. The van der Waals surface area contributed by atoms with E-state index in [-0.39, 0.29) is 29.3 Å². The third-order valence-corrected chi connectivity index (χ3v) is 7.59. The van der Waals surface area contributed by atoms with Crippen molar-refractivity contribution in [2.24, 2.45) is 0 Å². The summed E-state index contributed by atoms with van der Waals surface area (Å²) in [6, 6.07) is 9.05. The van der Waals surface area contributed by atoms with Crippen molar-refractivity contribution in [3.05, 3.63) is 69.7 Å². The molecule has 5 rings (SSSR count). The lowest BCUT2D eigenvalue weighted by atomic mass is 10.0. The fraction of sp³-hybridized carbons (Fsp3) is 0.370. The molecule has 2 amide bonds. The zero-order chi connectivity index (χ0) is 27.6. The minimum atomic E-state index is -4.56. The van der Waals surface area contributed by atoms with Crippen molar-refractivity contribution in [2.45, 2.75) is 38.5 Å². The molecule has 1 aromatic heterocycles. The van der Waals surface area contributed by atoms with Crippen LogP contribution in [0.5, 0.6) is 0 Å². The average molecular weight is 559 g/mol. The lowest BCUT2D eigenvalue weighted by Crippen LogP contribution is -2.43. The highest BCUT2D eigenvalue weighted by Crippen LogP contribution is 2.35. The third-order valence-electron chi connectivity index (χ3n) is 6.66. The normalized spacial score (nSPS) is 16.1. The van der Waals surface area contributed by atoms with Crippen molar-refractivity contribution < 1.29 is 22.8 Å². The topological polar surface area (TPSA) is 98.4 Å². The number of aromatic nitrogens is 1. The van der Waals surface area contributed by atoms with E-state index < -0.39 is 17.6 Å². The van der Waals surface area contributed by atoms with Crippen molar-refractivity contribution in [2.75, 3.05) is 42.1 Å². The van der Waals surface area contributed by atoms with Crippen molar-refractivity contribution in [1.29, 1.82) is 0 Å². The van der Waals surface area contributed by atoms with E-state index in [9.17, 15) is 22.8 Å². The van der Waals surface area contributed by atoms with E-state index in [2.05, 4.69) is 26.3 Å². The maximum atomic E-state index is 13.9. The molecule has 0 atom stereocenters. The summed E-state index contributed by atoms with van der Waals surface area (Å²) >= 11 is 1.25. The molecular formula is C27H29F3N6O2S. The highest BCUT2D eigenvalue weighted by molar-refractivity contribution is 7.17. The number of nitrogens with one attached hydrogen (secondary N) is 4. The van der Waals surface area contributed by atoms with Gasteiger partial charge in [-0.1, -0.05) is 23.5 Å². The fourth-order valence-electron chi connectivity index (χ4n) is 4.30. The molecule has 2 heterocycles. The van der Waals surface area contributed by atoms with Gasteiger partial charge in [-0.3, -0.25) is 14.5 Å². The van der Waals surface area contributed by atoms with Gasteiger partial charge in [-0.2, -0.15) is 13.2 Å². The number of aryl methyl sites for hydroxylation is 1. The van der Waals surface area contributed by atoms with Crippen molar-refractivity contribution in [1.82, 2.24) is 15.2 Å². The molecule has 0 bridgehead atoms. The van der Waals surface area contributed by atoms with Crippen molar-refractivity contribution >= 4 is 39.7 Å². The number of thiazole rings is 1. The Labute approximate surface area is 228 Å². The molecule has 0 unspecified atom stereocenters. The number of amides is 2. The zero-order valence-corrected chi connectivity index (χ0v) is 22.1. The number of hydrogen-bond donors (Lipinski definition) is 4. The van der Waals surface area contributed by atoms with E-state index in [1.807, 2.05) is 4.90 Å². The van der Waals surface area contributed by atoms with Gasteiger partial charge in [-0.25, -0.2) is 4.98 Å². The number of halogens is 3. The molecule has 1 saturated carbocycles. The molecule has 1 aliphatic carbocycles. The van der Waals surface area contributed by atoms with E-state index in [0.717, 1.165) is 37.6 Å². The Hall–Kier alpha value is -3.48. The molecule has 0 radical (unpaired) electrons. The molecule has 8 nitrogen and oxygen atoms in total. The molecule has 206 valence electrons. The lowest BCUT2D eigenvalue weighted by Gasteiger charge is -2.28. The highest BCUT2D eigenvalue weighted by Gasteiger charge is 2.34. The molecular weight excluding hydrogens is 529 g/mol. The van der Waals surface area contributed by atoms with Crippen LogP contribution < -0.4 is 21.3 Å².